The molecule has 7 heteroatoms. The molecule has 2 N–H and O–H groups in total. The molecule has 0 aliphatic rings. The summed E-state index contributed by atoms with van der Waals surface area (Å²) in [7, 11) is 0. The van der Waals surface area contributed by atoms with Gasteiger partial charge in [-0.3, -0.25) is 4.79 Å². The predicted molar refractivity (Wildman–Crippen MR) is 91.1 cm³/mol. The van der Waals surface area contributed by atoms with Crippen molar-refractivity contribution in [2.75, 3.05) is 23.8 Å². The van der Waals surface area contributed by atoms with E-state index in [1.807, 2.05) is 0 Å². The van der Waals surface area contributed by atoms with Crippen molar-refractivity contribution in [2.24, 2.45) is 0 Å². The van der Waals surface area contributed by atoms with Gasteiger partial charge in [0.2, 0.25) is 0 Å². The maximum atomic E-state index is 12.3. The van der Waals surface area contributed by atoms with Crippen LogP contribution in [0.4, 0.5) is 11.5 Å². The molecule has 0 atom stereocenters. The normalized spacial score (nSPS) is 9.88. The first-order valence-corrected chi connectivity index (χ1v) is 7.40. The summed E-state index contributed by atoms with van der Waals surface area (Å²) in [6, 6.07) is 6.62. The highest BCUT2D eigenvalue weighted by molar-refractivity contribution is 6.06. The summed E-state index contributed by atoms with van der Waals surface area (Å²) in [5, 5.41) is 5.61. The van der Waals surface area contributed by atoms with Crippen molar-refractivity contribution in [3.8, 4) is 0 Å². The number of aromatic nitrogens is 2. The molecule has 124 valence electrons. The average Bonchev–Trinajstić information content (AvgIpc) is 2.61. The highest BCUT2D eigenvalue weighted by atomic mass is 16.5. The molecular formula is C17H18N4O3. The second kappa shape index (κ2) is 8.42. The first-order chi connectivity index (χ1) is 11.7. The Kier molecular flexibility index (Phi) is 6.01. The standard InChI is InChI=1S/C17H18N4O3/c1-3-9-18-15-11-19-14(10-20-15)16(22)21-13-8-6-5-7-12(13)17(23)24-4-2/h3,5-8,10-11H,1,4,9H2,2H3,(H,18,20)(H,21,22). The van der Waals surface area contributed by atoms with E-state index in [1.165, 1.54) is 12.4 Å². The van der Waals surface area contributed by atoms with Crippen molar-refractivity contribution in [1.82, 2.24) is 9.97 Å². The summed E-state index contributed by atoms with van der Waals surface area (Å²) in [5.74, 6) is -0.420. The van der Waals surface area contributed by atoms with Crippen molar-refractivity contribution in [2.45, 2.75) is 6.92 Å². The topological polar surface area (TPSA) is 93.2 Å². The molecule has 0 aliphatic heterocycles. The number of ether oxygens (including phenoxy) is 1. The minimum atomic E-state index is -0.497. The van der Waals surface area contributed by atoms with Crippen LogP contribution in [0, 0.1) is 0 Å². The fraction of sp³-hybridized carbons (Fsp3) is 0.176. The number of para-hydroxylation sites is 1. The predicted octanol–water partition coefficient (Wildman–Crippen LogP) is 2.50. The van der Waals surface area contributed by atoms with E-state index >= 15 is 0 Å². The highest BCUT2D eigenvalue weighted by Gasteiger charge is 2.15. The summed E-state index contributed by atoms with van der Waals surface area (Å²) in [5.41, 5.74) is 0.777. The van der Waals surface area contributed by atoms with Crippen LogP contribution in [0.2, 0.25) is 0 Å². The van der Waals surface area contributed by atoms with Gasteiger partial charge in [0.05, 0.1) is 30.3 Å². The molecule has 0 radical (unpaired) electrons. The molecule has 0 aliphatic carbocycles. The lowest BCUT2D eigenvalue weighted by molar-refractivity contribution is 0.0527. The number of benzene rings is 1. The Morgan fingerprint density at radius 3 is 2.71 bits per heavy atom. The maximum absolute atomic E-state index is 12.3. The summed E-state index contributed by atoms with van der Waals surface area (Å²) in [4.78, 5) is 32.3. The van der Waals surface area contributed by atoms with E-state index in [9.17, 15) is 9.59 Å². The Labute approximate surface area is 139 Å². The van der Waals surface area contributed by atoms with Gasteiger partial charge >= 0.3 is 5.97 Å². The zero-order valence-electron chi connectivity index (χ0n) is 13.3. The summed E-state index contributed by atoms with van der Waals surface area (Å²) < 4.78 is 4.97. The van der Waals surface area contributed by atoms with Gasteiger partial charge in [0.1, 0.15) is 11.5 Å². The number of anilines is 2. The van der Waals surface area contributed by atoms with Gasteiger partial charge in [-0.15, -0.1) is 6.58 Å². The van der Waals surface area contributed by atoms with Crippen LogP contribution in [0.25, 0.3) is 0 Å². The van der Waals surface area contributed by atoms with Gasteiger partial charge in [0, 0.05) is 6.54 Å². The third-order valence-electron chi connectivity index (χ3n) is 2.98. The third kappa shape index (κ3) is 4.39. The van der Waals surface area contributed by atoms with Crippen LogP contribution in [-0.4, -0.2) is 35.0 Å². The van der Waals surface area contributed by atoms with E-state index in [1.54, 1.807) is 37.3 Å². The first-order valence-electron chi connectivity index (χ1n) is 7.40. The monoisotopic (exact) mass is 326 g/mol. The van der Waals surface area contributed by atoms with Crippen LogP contribution in [0.15, 0.2) is 49.3 Å². The molecule has 7 nitrogen and oxygen atoms in total. The Morgan fingerprint density at radius 1 is 1.25 bits per heavy atom. The number of hydrogen-bond donors (Lipinski definition) is 2. The van der Waals surface area contributed by atoms with Gasteiger partial charge < -0.3 is 15.4 Å². The van der Waals surface area contributed by atoms with Crippen LogP contribution in [0.3, 0.4) is 0 Å². The SMILES string of the molecule is C=CCNc1cnc(C(=O)Nc2ccccc2C(=O)OCC)cn1. The molecule has 0 saturated carbocycles. The second-order valence-corrected chi connectivity index (χ2v) is 4.68. The van der Waals surface area contributed by atoms with E-state index in [2.05, 4.69) is 27.2 Å². The van der Waals surface area contributed by atoms with Gasteiger partial charge in [0.25, 0.3) is 5.91 Å². The molecule has 0 unspecified atom stereocenters. The van der Waals surface area contributed by atoms with Gasteiger partial charge in [-0.1, -0.05) is 18.2 Å². The van der Waals surface area contributed by atoms with Gasteiger partial charge in [-0.05, 0) is 19.1 Å². The highest BCUT2D eigenvalue weighted by Crippen LogP contribution is 2.17. The molecule has 1 aromatic carbocycles. The lowest BCUT2D eigenvalue weighted by Crippen LogP contribution is -2.17. The molecule has 0 saturated heterocycles. The smallest absolute Gasteiger partial charge is 0.340 e. The van der Waals surface area contributed by atoms with Crippen LogP contribution < -0.4 is 10.6 Å². The zero-order chi connectivity index (χ0) is 17.4. The van der Waals surface area contributed by atoms with Gasteiger partial charge in [-0.2, -0.15) is 0 Å². The van der Waals surface area contributed by atoms with Crippen molar-refractivity contribution < 1.29 is 14.3 Å². The van der Waals surface area contributed by atoms with Crippen LogP contribution in [-0.2, 0) is 4.74 Å². The fourth-order valence-corrected chi connectivity index (χ4v) is 1.88. The van der Waals surface area contributed by atoms with Crippen molar-refractivity contribution in [3.05, 3.63) is 60.6 Å². The molecular weight excluding hydrogens is 308 g/mol. The van der Waals surface area contributed by atoms with E-state index in [-0.39, 0.29) is 17.9 Å². The first kappa shape index (κ1) is 17.1. The Balaban J connectivity index is 2.12. The van der Waals surface area contributed by atoms with Crippen molar-refractivity contribution >= 4 is 23.4 Å². The van der Waals surface area contributed by atoms with Crippen LogP contribution >= 0.6 is 0 Å². The molecule has 1 aromatic heterocycles. The molecule has 2 rings (SSSR count). The second-order valence-electron chi connectivity index (χ2n) is 4.68. The maximum Gasteiger partial charge on any atom is 0.340 e. The molecule has 24 heavy (non-hydrogen) atoms. The molecule has 0 fully saturated rings. The molecule has 0 bridgehead atoms. The number of amides is 1. The van der Waals surface area contributed by atoms with Crippen molar-refractivity contribution in [1.29, 1.82) is 0 Å². The molecule has 2 aromatic rings. The average molecular weight is 326 g/mol. The number of hydrogen-bond acceptors (Lipinski definition) is 6. The molecule has 1 heterocycles. The molecule has 0 spiro atoms. The van der Waals surface area contributed by atoms with Gasteiger partial charge in [0.15, 0.2) is 0 Å². The number of nitrogens with one attached hydrogen (secondary N) is 2. The van der Waals surface area contributed by atoms with Gasteiger partial charge in [-0.25, -0.2) is 14.8 Å². The van der Waals surface area contributed by atoms with Crippen LogP contribution in [0.1, 0.15) is 27.8 Å². The summed E-state index contributed by atoms with van der Waals surface area (Å²) >= 11 is 0. The van der Waals surface area contributed by atoms with Crippen molar-refractivity contribution in [3.63, 3.8) is 0 Å². The molecule has 1 amide bonds. The summed E-state index contributed by atoms with van der Waals surface area (Å²) in [6.07, 6.45) is 4.50. The van der Waals surface area contributed by atoms with E-state index < -0.39 is 11.9 Å². The largest absolute Gasteiger partial charge is 0.462 e. The lowest BCUT2D eigenvalue weighted by Gasteiger charge is -2.10. The Hall–Kier alpha value is -3.22. The van der Waals surface area contributed by atoms with E-state index in [0.717, 1.165) is 0 Å². The van der Waals surface area contributed by atoms with Crippen LogP contribution in [0.5, 0.6) is 0 Å². The quantitative estimate of drug-likeness (QED) is 0.600. The Bertz CT molecular complexity index is 729. The fourth-order valence-electron chi connectivity index (χ4n) is 1.88. The summed E-state index contributed by atoms with van der Waals surface area (Å²) in [6.45, 7) is 6.11. The number of carbonyl (C=O) groups excluding carboxylic acids is 2. The number of rotatable bonds is 7. The number of nitrogens with zero attached hydrogens (tertiary/aromatic N) is 2. The third-order valence-corrected chi connectivity index (χ3v) is 2.98. The van der Waals surface area contributed by atoms with E-state index in [0.29, 0.717) is 18.1 Å². The minimum absolute atomic E-state index is 0.137. The number of esters is 1. The minimum Gasteiger partial charge on any atom is -0.462 e. The zero-order valence-corrected chi connectivity index (χ0v) is 13.3. The number of carbonyl (C=O) groups is 2. The van der Waals surface area contributed by atoms with E-state index in [4.69, 9.17) is 4.74 Å². The Morgan fingerprint density at radius 2 is 2.04 bits per heavy atom. The lowest BCUT2D eigenvalue weighted by atomic mass is 10.1.